The molecule has 0 unspecified atom stereocenters. The summed E-state index contributed by atoms with van der Waals surface area (Å²) in [4.78, 5) is 12.1. The molecule has 0 aliphatic carbocycles. The van der Waals surface area contributed by atoms with E-state index in [2.05, 4.69) is 10.6 Å². The Hall–Kier alpha value is -2.64. The number of halogens is 1. The quantitative estimate of drug-likeness (QED) is 0.587. The minimum atomic E-state index is -0.241. The van der Waals surface area contributed by atoms with Gasteiger partial charge in [0.1, 0.15) is 5.75 Å². The first-order valence-electron chi connectivity index (χ1n) is 8.63. The van der Waals surface area contributed by atoms with E-state index in [1.165, 1.54) is 0 Å². The van der Waals surface area contributed by atoms with E-state index in [0.717, 1.165) is 11.3 Å². The Morgan fingerprint density at radius 1 is 0.964 bits per heavy atom. The molecule has 0 aromatic heterocycles. The van der Waals surface area contributed by atoms with Crippen LogP contribution in [0.5, 0.6) is 17.2 Å². The van der Waals surface area contributed by atoms with Crippen molar-refractivity contribution < 1.29 is 23.7 Å². The second-order valence-electron chi connectivity index (χ2n) is 5.82. The Bertz CT molecular complexity index is 813. The first kappa shape index (κ1) is 21.7. The molecule has 0 saturated heterocycles. The number of rotatable bonds is 10. The van der Waals surface area contributed by atoms with Crippen molar-refractivity contribution in [2.75, 3.05) is 46.9 Å². The van der Waals surface area contributed by atoms with Crippen molar-refractivity contribution >= 4 is 23.2 Å². The van der Waals surface area contributed by atoms with Crippen molar-refractivity contribution in [2.45, 2.75) is 6.54 Å². The molecular weight excluding hydrogens is 384 g/mol. The summed E-state index contributed by atoms with van der Waals surface area (Å²) in [6.45, 7) is 1.33. The molecule has 2 aromatic carbocycles. The number of nitrogens with one attached hydrogen (secondary N) is 2. The fourth-order valence-electron chi connectivity index (χ4n) is 2.60. The molecule has 0 fully saturated rings. The van der Waals surface area contributed by atoms with E-state index in [4.69, 9.17) is 30.5 Å². The van der Waals surface area contributed by atoms with E-state index in [0.29, 0.717) is 47.5 Å². The van der Waals surface area contributed by atoms with Crippen LogP contribution >= 0.6 is 11.6 Å². The summed E-state index contributed by atoms with van der Waals surface area (Å²) in [6, 6.07) is 8.81. The predicted molar refractivity (Wildman–Crippen MR) is 109 cm³/mol. The summed E-state index contributed by atoms with van der Waals surface area (Å²) >= 11 is 6.27. The molecular formula is C20H25ClN2O5. The molecule has 0 aliphatic rings. The number of ether oxygens (including phenoxy) is 4. The van der Waals surface area contributed by atoms with Gasteiger partial charge in [-0.3, -0.25) is 4.79 Å². The van der Waals surface area contributed by atoms with Gasteiger partial charge in [0.2, 0.25) is 0 Å². The second-order valence-corrected chi connectivity index (χ2v) is 6.22. The summed E-state index contributed by atoms with van der Waals surface area (Å²) in [5.74, 6) is 1.64. The van der Waals surface area contributed by atoms with Gasteiger partial charge in [-0.1, -0.05) is 11.6 Å². The fraction of sp³-hybridized carbons (Fsp3) is 0.350. The molecule has 0 atom stereocenters. The molecule has 7 nitrogen and oxygen atoms in total. The van der Waals surface area contributed by atoms with Gasteiger partial charge in [-0.2, -0.15) is 0 Å². The zero-order valence-corrected chi connectivity index (χ0v) is 17.2. The van der Waals surface area contributed by atoms with Crippen molar-refractivity contribution in [3.63, 3.8) is 0 Å². The molecule has 0 radical (unpaired) electrons. The lowest BCUT2D eigenvalue weighted by atomic mass is 10.1. The minimum absolute atomic E-state index is 0.241. The van der Waals surface area contributed by atoms with E-state index < -0.39 is 0 Å². The Morgan fingerprint density at radius 2 is 1.64 bits per heavy atom. The normalized spacial score (nSPS) is 10.3. The van der Waals surface area contributed by atoms with E-state index in [-0.39, 0.29) is 5.91 Å². The summed E-state index contributed by atoms with van der Waals surface area (Å²) in [7, 11) is 6.33. The average molecular weight is 409 g/mol. The molecule has 0 bridgehead atoms. The van der Waals surface area contributed by atoms with Crippen molar-refractivity contribution in [1.82, 2.24) is 5.32 Å². The summed E-state index contributed by atoms with van der Waals surface area (Å²) in [5.41, 5.74) is 2.07. The van der Waals surface area contributed by atoms with Gasteiger partial charge >= 0.3 is 0 Å². The van der Waals surface area contributed by atoms with Crippen LogP contribution in [0, 0.1) is 0 Å². The number of benzene rings is 2. The Balaban J connectivity index is 2.10. The van der Waals surface area contributed by atoms with Gasteiger partial charge < -0.3 is 29.6 Å². The van der Waals surface area contributed by atoms with Crippen LogP contribution < -0.4 is 24.8 Å². The number of amides is 1. The fourth-order valence-corrected chi connectivity index (χ4v) is 2.87. The number of hydrogen-bond donors (Lipinski definition) is 2. The number of methoxy groups -OCH3 is 4. The number of anilines is 1. The number of hydrogen-bond acceptors (Lipinski definition) is 6. The average Bonchev–Trinajstić information content (AvgIpc) is 2.71. The monoisotopic (exact) mass is 408 g/mol. The highest BCUT2D eigenvalue weighted by Crippen LogP contribution is 2.35. The molecule has 0 aliphatic heterocycles. The van der Waals surface area contributed by atoms with Crippen molar-refractivity contribution in [3.8, 4) is 17.2 Å². The van der Waals surface area contributed by atoms with Gasteiger partial charge in [-0.05, 0) is 24.3 Å². The van der Waals surface area contributed by atoms with E-state index in [1.54, 1.807) is 52.7 Å². The molecule has 2 rings (SSSR count). The molecule has 1 amide bonds. The highest BCUT2D eigenvalue weighted by molar-refractivity contribution is 6.34. The van der Waals surface area contributed by atoms with E-state index >= 15 is 0 Å². The SMILES string of the molecule is COCCNC(=O)c1ccc(NCc2cc(OC)c(OC)cc2OC)cc1Cl. The van der Waals surface area contributed by atoms with Crippen molar-refractivity contribution in [1.29, 1.82) is 0 Å². The van der Waals surface area contributed by atoms with Crippen molar-refractivity contribution in [3.05, 3.63) is 46.5 Å². The lowest BCUT2D eigenvalue weighted by molar-refractivity contribution is 0.0937. The van der Waals surface area contributed by atoms with Gasteiger partial charge in [0.15, 0.2) is 11.5 Å². The van der Waals surface area contributed by atoms with Crippen LogP contribution in [0.4, 0.5) is 5.69 Å². The van der Waals surface area contributed by atoms with Crippen LogP contribution in [0.25, 0.3) is 0 Å². The summed E-state index contributed by atoms with van der Waals surface area (Å²) < 4.78 is 21.0. The number of carbonyl (C=O) groups excluding carboxylic acids is 1. The molecule has 2 N–H and O–H groups in total. The second kappa shape index (κ2) is 10.6. The molecule has 2 aromatic rings. The van der Waals surface area contributed by atoms with Gasteiger partial charge in [-0.25, -0.2) is 0 Å². The van der Waals surface area contributed by atoms with Gasteiger partial charge in [0.25, 0.3) is 5.91 Å². The molecule has 0 spiro atoms. The molecule has 0 saturated carbocycles. The van der Waals surface area contributed by atoms with Crippen LogP contribution in [0.3, 0.4) is 0 Å². The lowest BCUT2D eigenvalue weighted by Gasteiger charge is -2.15. The standard InChI is InChI=1S/C20H25ClN2O5/c1-25-8-7-22-20(24)15-6-5-14(10-16(15)21)23-12-13-9-18(27-3)19(28-4)11-17(13)26-2/h5-6,9-11,23H,7-8,12H2,1-4H3,(H,22,24). The smallest absolute Gasteiger partial charge is 0.252 e. The summed E-state index contributed by atoms with van der Waals surface area (Å²) in [6.07, 6.45) is 0. The summed E-state index contributed by atoms with van der Waals surface area (Å²) in [5, 5.41) is 6.38. The van der Waals surface area contributed by atoms with Gasteiger partial charge in [0, 0.05) is 37.5 Å². The zero-order chi connectivity index (χ0) is 20.5. The van der Waals surface area contributed by atoms with Crippen LogP contribution in [-0.2, 0) is 11.3 Å². The largest absolute Gasteiger partial charge is 0.496 e. The maximum absolute atomic E-state index is 12.1. The lowest BCUT2D eigenvalue weighted by Crippen LogP contribution is -2.27. The third-order valence-electron chi connectivity index (χ3n) is 4.08. The van der Waals surface area contributed by atoms with Gasteiger partial charge in [-0.15, -0.1) is 0 Å². The highest BCUT2D eigenvalue weighted by Gasteiger charge is 2.13. The van der Waals surface area contributed by atoms with Gasteiger partial charge in [0.05, 0.1) is 38.5 Å². The maximum Gasteiger partial charge on any atom is 0.252 e. The number of carbonyl (C=O) groups is 1. The third-order valence-corrected chi connectivity index (χ3v) is 4.39. The third kappa shape index (κ3) is 5.43. The van der Waals surface area contributed by atoms with Crippen LogP contribution in [-0.4, -0.2) is 47.5 Å². The zero-order valence-electron chi connectivity index (χ0n) is 16.4. The van der Waals surface area contributed by atoms with E-state index in [1.807, 2.05) is 6.07 Å². The molecule has 28 heavy (non-hydrogen) atoms. The Kier molecular flexibility index (Phi) is 8.22. The molecule has 8 heteroatoms. The molecule has 0 heterocycles. The van der Waals surface area contributed by atoms with Crippen LogP contribution in [0.1, 0.15) is 15.9 Å². The molecule has 152 valence electrons. The Labute approximate surface area is 169 Å². The van der Waals surface area contributed by atoms with Crippen LogP contribution in [0.2, 0.25) is 5.02 Å². The predicted octanol–water partition coefficient (Wildman–Crippen LogP) is 3.35. The van der Waals surface area contributed by atoms with Crippen LogP contribution in [0.15, 0.2) is 30.3 Å². The van der Waals surface area contributed by atoms with Crippen molar-refractivity contribution in [2.24, 2.45) is 0 Å². The first-order chi connectivity index (χ1) is 13.5. The maximum atomic E-state index is 12.1. The highest BCUT2D eigenvalue weighted by atomic mass is 35.5. The Morgan fingerprint density at radius 3 is 2.25 bits per heavy atom. The minimum Gasteiger partial charge on any atom is -0.496 e. The van der Waals surface area contributed by atoms with E-state index in [9.17, 15) is 4.79 Å². The first-order valence-corrected chi connectivity index (χ1v) is 9.01. The topological polar surface area (TPSA) is 78.1 Å².